The van der Waals surface area contributed by atoms with Crippen molar-refractivity contribution in [3.8, 4) is 11.3 Å². The van der Waals surface area contributed by atoms with Crippen LogP contribution in [0.5, 0.6) is 0 Å². The Morgan fingerprint density at radius 2 is 1.96 bits per heavy atom. The number of carbonyl (C=O) groups excluding carboxylic acids is 1. The Balaban J connectivity index is 1.66. The van der Waals surface area contributed by atoms with Gasteiger partial charge in [-0.3, -0.25) is 4.79 Å². The van der Waals surface area contributed by atoms with Crippen molar-refractivity contribution in [2.45, 2.75) is 12.8 Å². The minimum absolute atomic E-state index is 0.0371. The van der Waals surface area contributed by atoms with Crippen molar-refractivity contribution < 1.29 is 9.21 Å². The van der Waals surface area contributed by atoms with Gasteiger partial charge in [0.15, 0.2) is 0 Å². The molecule has 1 fully saturated rings. The third kappa shape index (κ3) is 2.79. The van der Waals surface area contributed by atoms with E-state index in [1.807, 2.05) is 43.4 Å². The second-order valence-corrected chi connectivity index (χ2v) is 6.80. The van der Waals surface area contributed by atoms with Crippen LogP contribution in [0.4, 0.5) is 11.6 Å². The number of hydrogen-bond donors (Lipinski definition) is 2. The third-order valence-corrected chi connectivity index (χ3v) is 4.90. The topological polar surface area (TPSA) is 80.0 Å². The van der Waals surface area contributed by atoms with Gasteiger partial charge in [0.1, 0.15) is 23.0 Å². The SMILES string of the molecule is CNc1ncc(-c2cc3ccccc3o2)c2cc(NC(=O)C3CC3)ncc12. The van der Waals surface area contributed by atoms with Crippen molar-refractivity contribution in [1.29, 1.82) is 0 Å². The van der Waals surface area contributed by atoms with Gasteiger partial charge in [0.2, 0.25) is 5.91 Å². The van der Waals surface area contributed by atoms with Gasteiger partial charge in [-0.1, -0.05) is 18.2 Å². The summed E-state index contributed by atoms with van der Waals surface area (Å²) in [5.41, 5.74) is 1.69. The van der Waals surface area contributed by atoms with E-state index < -0.39 is 0 Å². The highest BCUT2D eigenvalue weighted by Gasteiger charge is 2.29. The van der Waals surface area contributed by atoms with Gasteiger partial charge in [0.05, 0.1) is 0 Å². The lowest BCUT2D eigenvalue weighted by Crippen LogP contribution is -2.14. The van der Waals surface area contributed by atoms with E-state index in [2.05, 4.69) is 20.6 Å². The molecule has 1 saturated carbocycles. The molecule has 3 heterocycles. The van der Waals surface area contributed by atoms with E-state index in [1.165, 1.54) is 0 Å². The van der Waals surface area contributed by atoms with Gasteiger partial charge in [0.25, 0.3) is 0 Å². The molecule has 6 nitrogen and oxygen atoms in total. The number of rotatable bonds is 4. The predicted molar refractivity (Wildman–Crippen MR) is 106 cm³/mol. The molecule has 5 rings (SSSR count). The van der Waals surface area contributed by atoms with E-state index >= 15 is 0 Å². The van der Waals surface area contributed by atoms with Crippen LogP contribution in [-0.2, 0) is 4.79 Å². The largest absolute Gasteiger partial charge is 0.456 e. The van der Waals surface area contributed by atoms with Gasteiger partial charge in [0, 0.05) is 47.1 Å². The number of hydrogen-bond acceptors (Lipinski definition) is 5. The Bertz CT molecular complexity index is 1140. The molecular weight excluding hydrogens is 340 g/mol. The van der Waals surface area contributed by atoms with Crippen LogP contribution in [0.1, 0.15) is 12.8 Å². The summed E-state index contributed by atoms with van der Waals surface area (Å²) in [5, 5.41) is 8.85. The summed E-state index contributed by atoms with van der Waals surface area (Å²) in [6, 6.07) is 11.8. The van der Waals surface area contributed by atoms with Gasteiger partial charge in [-0.15, -0.1) is 0 Å². The summed E-state index contributed by atoms with van der Waals surface area (Å²) in [7, 11) is 1.82. The second-order valence-electron chi connectivity index (χ2n) is 6.80. The fourth-order valence-corrected chi connectivity index (χ4v) is 3.29. The van der Waals surface area contributed by atoms with Gasteiger partial charge in [-0.2, -0.15) is 0 Å². The van der Waals surface area contributed by atoms with Crippen LogP contribution in [0.15, 0.2) is 53.2 Å². The first-order valence-electron chi connectivity index (χ1n) is 8.99. The predicted octanol–water partition coefficient (Wildman–Crippen LogP) is 4.43. The maximum absolute atomic E-state index is 12.1. The van der Waals surface area contributed by atoms with Crippen molar-refractivity contribution in [3.63, 3.8) is 0 Å². The van der Waals surface area contributed by atoms with E-state index in [0.717, 1.165) is 51.7 Å². The lowest BCUT2D eigenvalue weighted by Gasteiger charge is -2.10. The highest BCUT2D eigenvalue weighted by atomic mass is 16.3. The Morgan fingerprint density at radius 1 is 1.11 bits per heavy atom. The molecule has 27 heavy (non-hydrogen) atoms. The molecule has 6 heteroatoms. The molecule has 0 spiro atoms. The highest BCUT2D eigenvalue weighted by Crippen LogP contribution is 2.36. The van der Waals surface area contributed by atoms with Gasteiger partial charge >= 0.3 is 0 Å². The summed E-state index contributed by atoms with van der Waals surface area (Å²) < 4.78 is 6.04. The molecule has 134 valence electrons. The number of nitrogens with one attached hydrogen (secondary N) is 2. The van der Waals surface area contributed by atoms with Crippen LogP contribution >= 0.6 is 0 Å². The monoisotopic (exact) mass is 358 g/mol. The van der Waals surface area contributed by atoms with E-state index in [4.69, 9.17) is 4.42 Å². The van der Waals surface area contributed by atoms with Crippen molar-refractivity contribution in [3.05, 3.63) is 48.8 Å². The first kappa shape index (κ1) is 15.8. The molecule has 1 aromatic carbocycles. The quantitative estimate of drug-likeness (QED) is 0.564. The zero-order valence-corrected chi connectivity index (χ0v) is 14.8. The molecule has 0 radical (unpaired) electrons. The molecular formula is C21H18N4O2. The maximum Gasteiger partial charge on any atom is 0.228 e. The Hall–Kier alpha value is -3.41. The van der Waals surface area contributed by atoms with Crippen LogP contribution in [0.25, 0.3) is 33.1 Å². The van der Waals surface area contributed by atoms with Crippen molar-refractivity contribution >= 4 is 39.3 Å². The number of fused-ring (bicyclic) bond motifs is 2. The number of aromatic nitrogens is 2. The second kappa shape index (κ2) is 6.09. The zero-order valence-electron chi connectivity index (χ0n) is 14.8. The van der Waals surface area contributed by atoms with E-state index in [0.29, 0.717) is 5.82 Å². The van der Waals surface area contributed by atoms with Gasteiger partial charge < -0.3 is 15.1 Å². The minimum atomic E-state index is 0.0371. The fraction of sp³-hybridized carbons (Fsp3) is 0.190. The van der Waals surface area contributed by atoms with Crippen LogP contribution in [-0.4, -0.2) is 22.9 Å². The number of amides is 1. The number of benzene rings is 1. The molecule has 0 aliphatic heterocycles. The molecule has 0 saturated heterocycles. The summed E-state index contributed by atoms with van der Waals surface area (Å²) in [5.74, 6) is 2.18. The number of para-hydroxylation sites is 1. The van der Waals surface area contributed by atoms with Crippen molar-refractivity contribution in [2.75, 3.05) is 17.7 Å². The van der Waals surface area contributed by atoms with E-state index in [9.17, 15) is 4.79 Å². The van der Waals surface area contributed by atoms with E-state index in [1.54, 1.807) is 12.4 Å². The lowest BCUT2D eigenvalue weighted by atomic mass is 10.1. The number of anilines is 2. The molecule has 2 N–H and O–H groups in total. The smallest absolute Gasteiger partial charge is 0.228 e. The molecule has 1 amide bonds. The Labute approximate surface area is 155 Å². The average molecular weight is 358 g/mol. The Kier molecular flexibility index (Phi) is 3.57. The average Bonchev–Trinajstić information content (AvgIpc) is 3.46. The van der Waals surface area contributed by atoms with Crippen LogP contribution in [0.3, 0.4) is 0 Å². The highest BCUT2D eigenvalue weighted by molar-refractivity contribution is 6.04. The van der Waals surface area contributed by atoms with Crippen LogP contribution in [0.2, 0.25) is 0 Å². The number of pyridine rings is 2. The Morgan fingerprint density at radius 3 is 2.74 bits per heavy atom. The first-order chi connectivity index (χ1) is 13.2. The standard InChI is InChI=1S/C21H18N4O2/c1-22-20-16-11-23-19(25-21(26)12-6-7-12)9-14(16)15(10-24-20)18-8-13-4-2-3-5-17(13)27-18/h2-5,8-12H,6-7H2,1H3,(H,22,24)(H,23,25,26). The normalized spacial score (nSPS) is 13.8. The summed E-state index contributed by atoms with van der Waals surface area (Å²) in [4.78, 5) is 21.0. The molecule has 3 aromatic heterocycles. The third-order valence-electron chi connectivity index (χ3n) is 4.90. The molecule has 0 bridgehead atoms. The summed E-state index contributed by atoms with van der Waals surface area (Å²) >= 11 is 0. The number of carbonyl (C=O) groups is 1. The number of furan rings is 1. The summed E-state index contributed by atoms with van der Waals surface area (Å²) in [6.07, 6.45) is 5.44. The molecule has 4 aromatic rings. The fourth-order valence-electron chi connectivity index (χ4n) is 3.29. The van der Waals surface area contributed by atoms with Gasteiger partial charge in [-0.05, 0) is 31.0 Å². The summed E-state index contributed by atoms with van der Waals surface area (Å²) in [6.45, 7) is 0. The molecule has 1 aliphatic carbocycles. The lowest BCUT2D eigenvalue weighted by molar-refractivity contribution is -0.117. The molecule has 0 unspecified atom stereocenters. The van der Waals surface area contributed by atoms with Crippen LogP contribution < -0.4 is 10.6 Å². The molecule has 0 atom stereocenters. The first-order valence-corrected chi connectivity index (χ1v) is 8.99. The number of nitrogens with zero attached hydrogens (tertiary/aromatic N) is 2. The molecule has 1 aliphatic rings. The van der Waals surface area contributed by atoms with Crippen molar-refractivity contribution in [1.82, 2.24) is 9.97 Å². The van der Waals surface area contributed by atoms with E-state index in [-0.39, 0.29) is 11.8 Å². The minimum Gasteiger partial charge on any atom is -0.456 e. The maximum atomic E-state index is 12.1. The zero-order chi connectivity index (χ0) is 18.4. The van der Waals surface area contributed by atoms with Crippen molar-refractivity contribution in [2.24, 2.45) is 5.92 Å². The van der Waals surface area contributed by atoms with Gasteiger partial charge in [-0.25, -0.2) is 9.97 Å². The van der Waals surface area contributed by atoms with Crippen LogP contribution in [0, 0.1) is 5.92 Å².